The molecule has 0 spiro atoms. The van der Waals surface area contributed by atoms with E-state index >= 15 is 0 Å². The second-order valence-corrected chi connectivity index (χ2v) is 8.75. The van der Waals surface area contributed by atoms with Gasteiger partial charge in [-0.2, -0.15) is 0 Å². The van der Waals surface area contributed by atoms with Gasteiger partial charge in [0.15, 0.2) is 0 Å². The van der Waals surface area contributed by atoms with Gasteiger partial charge >= 0.3 is 6.03 Å². The maximum absolute atomic E-state index is 12.3. The third-order valence-corrected chi connectivity index (χ3v) is 5.44. The number of hydrogen-bond acceptors (Lipinski definition) is 3. The van der Waals surface area contributed by atoms with Gasteiger partial charge in [0, 0.05) is 38.3 Å². The van der Waals surface area contributed by atoms with Crippen molar-refractivity contribution < 1.29 is 14.4 Å². The van der Waals surface area contributed by atoms with Crippen molar-refractivity contribution in [3.8, 4) is 0 Å². The molecule has 1 heterocycles. The molecule has 2 aromatic rings. The quantitative estimate of drug-likeness (QED) is 0.556. The summed E-state index contributed by atoms with van der Waals surface area (Å²) in [5.74, 6) is 0.288. The number of carbonyl (C=O) groups excluding carboxylic acids is 3. The third-order valence-electron chi connectivity index (χ3n) is 5.13. The lowest BCUT2D eigenvalue weighted by atomic mass is 10.1. The van der Waals surface area contributed by atoms with Crippen LogP contribution in [0.3, 0.4) is 0 Å². The molecule has 1 aliphatic rings. The number of urea groups is 1. The maximum Gasteiger partial charge on any atom is 0.319 e. The molecule has 2 aromatic carbocycles. The summed E-state index contributed by atoms with van der Waals surface area (Å²) in [7, 11) is 0. The van der Waals surface area contributed by atoms with Crippen LogP contribution in [0.25, 0.3) is 0 Å². The van der Waals surface area contributed by atoms with E-state index in [-0.39, 0.29) is 22.9 Å². The number of anilines is 1. The normalized spacial score (nSPS) is 13.4. The summed E-state index contributed by atoms with van der Waals surface area (Å²) in [5.41, 5.74) is 2.85. The van der Waals surface area contributed by atoms with E-state index in [9.17, 15) is 14.4 Å². The molecule has 4 amide bonds. The highest BCUT2D eigenvalue weighted by Crippen LogP contribution is 2.21. The Morgan fingerprint density at radius 1 is 1.09 bits per heavy atom. The molecule has 8 heteroatoms. The number of rotatable bonds is 8. The lowest BCUT2D eigenvalue weighted by Gasteiger charge is -2.16. The van der Waals surface area contributed by atoms with Crippen molar-refractivity contribution in [2.24, 2.45) is 5.92 Å². The SMILES string of the molecule is CC(C)CNC(=O)c1ccc(NC(=O)NCc2cccc(CN3CCCC3=O)c2)cc1Cl. The van der Waals surface area contributed by atoms with Crippen LogP contribution in [0.2, 0.25) is 5.02 Å². The van der Waals surface area contributed by atoms with E-state index in [0.29, 0.717) is 43.2 Å². The van der Waals surface area contributed by atoms with Gasteiger partial charge in [-0.3, -0.25) is 9.59 Å². The van der Waals surface area contributed by atoms with Crippen LogP contribution < -0.4 is 16.0 Å². The Morgan fingerprint density at radius 2 is 1.88 bits per heavy atom. The molecule has 32 heavy (non-hydrogen) atoms. The zero-order valence-corrected chi connectivity index (χ0v) is 19.2. The number of halogens is 1. The molecular formula is C24H29ClN4O3. The van der Waals surface area contributed by atoms with Gasteiger partial charge in [-0.25, -0.2) is 4.79 Å². The first-order valence-electron chi connectivity index (χ1n) is 10.8. The summed E-state index contributed by atoms with van der Waals surface area (Å²) >= 11 is 6.23. The molecule has 0 bridgehead atoms. The molecule has 1 saturated heterocycles. The van der Waals surface area contributed by atoms with Crippen LogP contribution in [-0.2, 0) is 17.9 Å². The van der Waals surface area contributed by atoms with Crippen molar-refractivity contribution in [2.75, 3.05) is 18.4 Å². The zero-order valence-electron chi connectivity index (χ0n) is 18.4. The number of nitrogens with one attached hydrogen (secondary N) is 3. The van der Waals surface area contributed by atoms with Crippen molar-refractivity contribution in [1.29, 1.82) is 0 Å². The lowest BCUT2D eigenvalue weighted by molar-refractivity contribution is -0.128. The van der Waals surface area contributed by atoms with Gasteiger partial charge in [-0.1, -0.05) is 49.7 Å². The van der Waals surface area contributed by atoms with E-state index in [0.717, 1.165) is 24.1 Å². The van der Waals surface area contributed by atoms with Crippen molar-refractivity contribution in [1.82, 2.24) is 15.5 Å². The monoisotopic (exact) mass is 456 g/mol. The number of likely N-dealkylation sites (tertiary alicyclic amines) is 1. The topological polar surface area (TPSA) is 90.5 Å². The van der Waals surface area contributed by atoms with Gasteiger partial charge in [-0.15, -0.1) is 0 Å². The average molecular weight is 457 g/mol. The second kappa shape index (κ2) is 11.0. The number of nitrogens with zero attached hydrogens (tertiary/aromatic N) is 1. The zero-order chi connectivity index (χ0) is 23.1. The Labute approximate surface area is 193 Å². The van der Waals surface area contributed by atoms with E-state index in [4.69, 9.17) is 11.6 Å². The molecule has 0 unspecified atom stereocenters. The predicted octanol–water partition coefficient (Wildman–Crippen LogP) is 4.17. The fraction of sp³-hybridized carbons (Fsp3) is 0.375. The van der Waals surface area contributed by atoms with Gasteiger partial charge in [-0.05, 0) is 41.7 Å². The minimum atomic E-state index is -0.377. The third kappa shape index (κ3) is 6.72. The minimum absolute atomic E-state index is 0.190. The average Bonchev–Trinajstić information content (AvgIpc) is 3.15. The smallest absolute Gasteiger partial charge is 0.319 e. The van der Waals surface area contributed by atoms with E-state index < -0.39 is 0 Å². The van der Waals surface area contributed by atoms with Gasteiger partial charge in [0.05, 0.1) is 10.6 Å². The van der Waals surface area contributed by atoms with Crippen LogP contribution in [0.4, 0.5) is 10.5 Å². The van der Waals surface area contributed by atoms with Crippen LogP contribution in [0.15, 0.2) is 42.5 Å². The fourth-order valence-electron chi connectivity index (χ4n) is 3.46. The van der Waals surface area contributed by atoms with Crippen molar-refractivity contribution in [3.05, 3.63) is 64.2 Å². The first-order chi connectivity index (χ1) is 15.3. The summed E-state index contributed by atoms with van der Waals surface area (Å²) in [4.78, 5) is 38.2. The molecule has 7 nitrogen and oxygen atoms in total. The summed E-state index contributed by atoms with van der Waals surface area (Å²) < 4.78 is 0. The van der Waals surface area contributed by atoms with Crippen LogP contribution in [-0.4, -0.2) is 35.8 Å². The van der Waals surface area contributed by atoms with Crippen LogP contribution in [0.5, 0.6) is 0 Å². The van der Waals surface area contributed by atoms with E-state index in [1.54, 1.807) is 18.2 Å². The highest BCUT2D eigenvalue weighted by molar-refractivity contribution is 6.34. The Kier molecular flexibility index (Phi) is 8.11. The highest BCUT2D eigenvalue weighted by atomic mass is 35.5. The summed E-state index contributed by atoms with van der Waals surface area (Å²) in [6.07, 6.45) is 1.53. The molecule has 0 radical (unpaired) electrons. The van der Waals surface area contributed by atoms with Crippen LogP contribution in [0, 0.1) is 5.92 Å². The fourth-order valence-corrected chi connectivity index (χ4v) is 3.72. The second-order valence-electron chi connectivity index (χ2n) is 8.34. The maximum atomic E-state index is 12.3. The van der Waals surface area contributed by atoms with Crippen molar-refractivity contribution in [3.63, 3.8) is 0 Å². The van der Waals surface area contributed by atoms with E-state index in [1.165, 1.54) is 0 Å². The molecule has 0 aliphatic carbocycles. The molecule has 0 aromatic heterocycles. The van der Waals surface area contributed by atoms with E-state index in [1.807, 2.05) is 43.0 Å². The standard InChI is InChI=1S/C24H29ClN4O3/c1-16(2)13-26-23(31)20-9-8-19(12-21(20)25)28-24(32)27-14-17-5-3-6-18(11-17)15-29-10-4-7-22(29)30/h3,5-6,8-9,11-12,16H,4,7,10,13-15H2,1-2H3,(H,26,31)(H2,27,28,32). The van der Waals surface area contributed by atoms with Crippen molar-refractivity contribution >= 4 is 35.1 Å². The Balaban J connectivity index is 1.51. The van der Waals surface area contributed by atoms with Gasteiger partial charge < -0.3 is 20.9 Å². The molecule has 170 valence electrons. The molecule has 1 fully saturated rings. The van der Waals surface area contributed by atoms with Gasteiger partial charge in [0.1, 0.15) is 0 Å². The molecule has 3 N–H and O–H groups in total. The summed E-state index contributed by atoms with van der Waals surface area (Å²) in [6, 6.07) is 12.2. The predicted molar refractivity (Wildman–Crippen MR) is 126 cm³/mol. The molecule has 3 rings (SSSR count). The molecule has 1 aliphatic heterocycles. The Hall–Kier alpha value is -3.06. The summed E-state index contributed by atoms with van der Waals surface area (Å²) in [6.45, 7) is 6.32. The largest absolute Gasteiger partial charge is 0.352 e. The molecule has 0 atom stereocenters. The number of benzene rings is 2. The first kappa shape index (κ1) is 23.6. The highest BCUT2D eigenvalue weighted by Gasteiger charge is 2.20. The molecular weight excluding hydrogens is 428 g/mol. The summed E-state index contributed by atoms with van der Waals surface area (Å²) in [5, 5.41) is 8.64. The number of carbonyl (C=O) groups is 3. The van der Waals surface area contributed by atoms with Gasteiger partial charge in [0.25, 0.3) is 5.91 Å². The van der Waals surface area contributed by atoms with Crippen LogP contribution in [0.1, 0.15) is 48.2 Å². The van der Waals surface area contributed by atoms with Gasteiger partial charge in [0.2, 0.25) is 5.91 Å². The van der Waals surface area contributed by atoms with Crippen molar-refractivity contribution in [2.45, 2.75) is 39.8 Å². The number of amides is 4. The molecule has 0 saturated carbocycles. The minimum Gasteiger partial charge on any atom is -0.352 e. The van der Waals surface area contributed by atoms with E-state index in [2.05, 4.69) is 16.0 Å². The Bertz CT molecular complexity index is 993. The number of hydrogen-bond donors (Lipinski definition) is 3. The first-order valence-corrected chi connectivity index (χ1v) is 11.2. The Morgan fingerprint density at radius 3 is 2.56 bits per heavy atom. The van der Waals surface area contributed by atoms with Crippen LogP contribution >= 0.6 is 11.6 Å². The lowest BCUT2D eigenvalue weighted by Crippen LogP contribution is -2.29.